The maximum absolute atomic E-state index is 13.1. The largest absolute Gasteiger partial charge is 0.493 e. The molecule has 9 heteroatoms. The minimum Gasteiger partial charge on any atom is -0.493 e. The average Bonchev–Trinajstić information content (AvgIpc) is 3.28. The van der Waals surface area contributed by atoms with E-state index < -0.39 is 0 Å². The van der Waals surface area contributed by atoms with E-state index in [-0.39, 0.29) is 5.91 Å². The van der Waals surface area contributed by atoms with Crippen LogP contribution >= 0.6 is 0 Å². The fraction of sp³-hybridized carbons (Fsp3) is 0.458. The quantitative estimate of drug-likeness (QED) is 0.599. The van der Waals surface area contributed by atoms with Crippen LogP contribution in [0.3, 0.4) is 0 Å². The molecule has 174 valence electrons. The number of likely N-dealkylation sites (N-methyl/N-ethyl adjacent to an activating group) is 1. The Kier molecular flexibility index (Phi) is 5.80. The van der Waals surface area contributed by atoms with Gasteiger partial charge in [0.2, 0.25) is 0 Å². The molecule has 2 fully saturated rings. The van der Waals surface area contributed by atoms with Crippen LogP contribution in [0.2, 0.25) is 0 Å². The molecular formula is C24H30N6O3. The fourth-order valence-corrected chi connectivity index (χ4v) is 4.49. The number of hydrogen-bond acceptors (Lipinski definition) is 8. The van der Waals surface area contributed by atoms with Crippen molar-refractivity contribution in [3.63, 3.8) is 0 Å². The Bertz CT molecular complexity index is 1150. The molecule has 1 amide bonds. The molecule has 5 rings (SSSR count). The summed E-state index contributed by atoms with van der Waals surface area (Å²) in [6, 6.07) is 9.53. The van der Waals surface area contributed by atoms with E-state index in [0.29, 0.717) is 43.3 Å². The summed E-state index contributed by atoms with van der Waals surface area (Å²) in [6.45, 7) is 8.61. The number of rotatable bonds is 4. The highest BCUT2D eigenvalue weighted by Gasteiger charge is 2.26. The molecule has 0 atom stereocenters. The number of furan rings is 1. The van der Waals surface area contributed by atoms with E-state index in [4.69, 9.17) is 9.15 Å². The average molecular weight is 451 g/mol. The lowest BCUT2D eigenvalue weighted by Crippen LogP contribution is -2.49. The van der Waals surface area contributed by atoms with Crippen LogP contribution in [-0.4, -0.2) is 92.2 Å². The number of ether oxygens (including phenoxy) is 1. The van der Waals surface area contributed by atoms with Gasteiger partial charge in [-0.25, -0.2) is 9.97 Å². The Balaban J connectivity index is 1.27. The fourth-order valence-electron chi connectivity index (χ4n) is 4.49. The standard InChI is InChI=1S/C24H30N6O3/c1-17-25-21(28-9-7-27(2)8-10-28)16-22(26-17)29-11-13-30(14-12-29)24(31)20-15-18-5-4-6-19(32-3)23(18)33-20/h4-6,15-16H,7-14H2,1-3H3. The lowest BCUT2D eigenvalue weighted by molar-refractivity contribution is 0.0716. The van der Waals surface area contributed by atoms with Crippen LogP contribution in [-0.2, 0) is 0 Å². The van der Waals surface area contributed by atoms with Gasteiger partial charge in [-0.2, -0.15) is 0 Å². The number of piperazine rings is 2. The maximum Gasteiger partial charge on any atom is 0.289 e. The zero-order chi connectivity index (χ0) is 22.9. The molecule has 9 nitrogen and oxygen atoms in total. The Morgan fingerprint density at radius 1 is 0.939 bits per heavy atom. The first-order chi connectivity index (χ1) is 16.0. The number of nitrogens with zero attached hydrogens (tertiary/aromatic N) is 6. The second-order valence-corrected chi connectivity index (χ2v) is 8.69. The third kappa shape index (κ3) is 4.32. The lowest BCUT2D eigenvalue weighted by Gasteiger charge is -2.36. The van der Waals surface area contributed by atoms with Crippen LogP contribution in [0.15, 0.2) is 34.7 Å². The Morgan fingerprint density at radius 3 is 2.21 bits per heavy atom. The third-order valence-electron chi connectivity index (χ3n) is 6.47. The summed E-state index contributed by atoms with van der Waals surface area (Å²) in [4.78, 5) is 31.2. The number of hydrogen-bond donors (Lipinski definition) is 0. The van der Waals surface area contributed by atoms with Crippen molar-refractivity contribution in [3.05, 3.63) is 41.9 Å². The molecule has 0 spiro atoms. The van der Waals surface area contributed by atoms with Crippen LogP contribution in [0, 0.1) is 6.92 Å². The summed E-state index contributed by atoms with van der Waals surface area (Å²) in [7, 11) is 3.75. The normalized spacial score (nSPS) is 17.6. The van der Waals surface area contributed by atoms with E-state index in [9.17, 15) is 4.79 Å². The van der Waals surface area contributed by atoms with Gasteiger partial charge in [0.15, 0.2) is 17.1 Å². The second-order valence-electron chi connectivity index (χ2n) is 8.69. The van der Waals surface area contributed by atoms with E-state index in [1.165, 1.54) is 0 Å². The maximum atomic E-state index is 13.1. The van der Waals surface area contributed by atoms with Crippen LogP contribution in [0.1, 0.15) is 16.4 Å². The molecule has 2 aliphatic heterocycles. The van der Waals surface area contributed by atoms with E-state index in [1.54, 1.807) is 13.2 Å². The molecule has 0 aliphatic carbocycles. The van der Waals surface area contributed by atoms with Gasteiger partial charge in [0.1, 0.15) is 17.5 Å². The monoisotopic (exact) mass is 450 g/mol. The number of fused-ring (bicyclic) bond motifs is 1. The molecule has 0 N–H and O–H groups in total. The Labute approximate surface area is 193 Å². The van der Waals surface area contributed by atoms with Gasteiger partial charge in [-0.1, -0.05) is 12.1 Å². The SMILES string of the molecule is COc1cccc2cc(C(=O)N3CCN(c4cc(N5CCN(C)CC5)nc(C)n4)CC3)oc12. The van der Waals surface area contributed by atoms with Crippen molar-refractivity contribution in [2.24, 2.45) is 0 Å². The predicted molar refractivity (Wildman–Crippen MR) is 127 cm³/mol. The van der Waals surface area contributed by atoms with Gasteiger partial charge in [0, 0.05) is 63.8 Å². The van der Waals surface area contributed by atoms with Gasteiger partial charge >= 0.3 is 0 Å². The molecule has 2 saturated heterocycles. The van der Waals surface area contributed by atoms with Crippen molar-refractivity contribution in [2.45, 2.75) is 6.92 Å². The second kappa shape index (κ2) is 8.90. The molecule has 3 aromatic rings. The number of anilines is 2. The van der Waals surface area contributed by atoms with Gasteiger partial charge in [0.25, 0.3) is 5.91 Å². The summed E-state index contributed by atoms with van der Waals surface area (Å²) < 4.78 is 11.2. The molecule has 0 saturated carbocycles. The number of aromatic nitrogens is 2. The summed E-state index contributed by atoms with van der Waals surface area (Å²) in [5.41, 5.74) is 0.606. The van der Waals surface area contributed by atoms with Crippen LogP contribution in [0.5, 0.6) is 5.75 Å². The number of amides is 1. The van der Waals surface area contributed by atoms with Crippen molar-refractivity contribution in [3.8, 4) is 5.75 Å². The number of carbonyl (C=O) groups is 1. The Hall–Kier alpha value is -3.33. The van der Waals surface area contributed by atoms with Gasteiger partial charge in [0.05, 0.1) is 7.11 Å². The van der Waals surface area contributed by atoms with Gasteiger partial charge in [-0.3, -0.25) is 4.79 Å². The van der Waals surface area contributed by atoms with E-state index >= 15 is 0 Å². The number of aryl methyl sites for hydroxylation is 1. The van der Waals surface area contributed by atoms with Crippen molar-refractivity contribution in [1.82, 2.24) is 19.8 Å². The number of methoxy groups -OCH3 is 1. The molecule has 2 aromatic heterocycles. The van der Waals surface area contributed by atoms with Crippen LogP contribution < -0.4 is 14.5 Å². The van der Waals surface area contributed by atoms with Gasteiger partial charge in [-0.05, 0) is 26.1 Å². The zero-order valence-electron chi connectivity index (χ0n) is 19.5. The van der Waals surface area contributed by atoms with Gasteiger partial charge in [-0.15, -0.1) is 0 Å². The Morgan fingerprint density at radius 2 is 1.58 bits per heavy atom. The van der Waals surface area contributed by atoms with E-state index in [0.717, 1.165) is 49.0 Å². The molecular weight excluding hydrogens is 420 g/mol. The summed E-state index contributed by atoms with van der Waals surface area (Å²) in [5, 5.41) is 0.865. The summed E-state index contributed by atoms with van der Waals surface area (Å²) >= 11 is 0. The topological polar surface area (TPSA) is 78.2 Å². The highest BCUT2D eigenvalue weighted by atomic mass is 16.5. The van der Waals surface area contributed by atoms with Gasteiger partial charge < -0.3 is 28.8 Å². The predicted octanol–water partition coefficient (Wildman–Crippen LogP) is 2.25. The number of benzene rings is 1. The molecule has 0 unspecified atom stereocenters. The van der Waals surface area contributed by atoms with E-state index in [1.807, 2.05) is 30.0 Å². The molecule has 1 aromatic carbocycles. The molecule has 4 heterocycles. The first-order valence-electron chi connectivity index (χ1n) is 11.4. The lowest BCUT2D eigenvalue weighted by atomic mass is 10.2. The summed E-state index contributed by atoms with van der Waals surface area (Å²) in [6.07, 6.45) is 0. The molecule has 0 bridgehead atoms. The van der Waals surface area contributed by atoms with Crippen LogP contribution in [0.25, 0.3) is 11.0 Å². The zero-order valence-corrected chi connectivity index (χ0v) is 19.5. The first-order valence-corrected chi connectivity index (χ1v) is 11.4. The molecule has 33 heavy (non-hydrogen) atoms. The minimum absolute atomic E-state index is 0.0927. The van der Waals surface area contributed by atoms with Crippen molar-refractivity contribution < 1.29 is 13.9 Å². The smallest absolute Gasteiger partial charge is 0.289 e. The van der Waals surface area contributed by atoms with E-state index in [2.05, 4.69) is 37.8 Å². The molecule has 2 aliphatic rings. The number of para-hydroxylation sites is 1. The minimum atomic E-state index is -0.0927. The third-order valence-corrected chi connectivity index (χ3v) is 6.47. The highest BCUT2D eigenvalue weighted by molar-refractivity contribution is 5.97. The van der Waals surface area contributed by atoms with Crippen molar-refractivity contribution in [1.29, 1.82) is 0 Å². The highest BCUT2D eigenvalue weighted by Crippen LogP contribution is 2.29. The van der Waals surface area contributed by atoms with Crippen LogP contribution in [0.4, 0.5) is 11.6 Å². The summed E-state index contributed by atoms with van der Waals surface area (Å²) in [5.74, 6) is 3.57. The van der Waals surface area contributed by atoms with Crippen molar-refractivity contribution >= 4 is 28.5 Å². The van der Waals surface area contributed by atoms with Crippen molar-refractivity contribution in [2.75, 3.05) is 76.3 Å². The number of carbonyl (C=O) groups excluding carboxylic acids is 1. The molecule has 0 radical (unpaired) electrons. The first kappa shape index (κ1) is 21.5.